The molecular weight excluding hydrogens is 492 g/mol. The number of hydrogen-bond donors (Lipinski definition) is 5. The predicted octanol–water partition coefficient (Wildman–Crippen LogP) is 5.02. The first-order valence-electron chi connectivity index (χ1n) is 12.9. The first kappa shape index (κ1) is 24.4. The molecule has 1 fully saturated rings. The van der Waals surface area contributed by atoms with Crippen LogP contribution < -0.4 is 15.5 Å². The van der Waals surface area contributed by atoms with E-state index in [0.717, 1.165) is 53.8 Å². The van der Waals surface area contributed by atoms with Gasteiger partial charge in [0.2, 0.25) is 0 Å². The molecule has 5 N–H and O–H groups in total. The van der Waals surface area contributed by atoms with E-state index >= 15 is 0 Å². The van der Waals surface area contributed by atoms with Gasteiger partial charge in [-0.2, -0.15) is 5.10 Å². The Morgan fingerprint density at radius 2 is 1.59 bits per heavy atom. The third-order valence-corrected chi connectivity index (χ3v) is 7.04. The number of rotatable bonds is 6. The molecule has 0 atom stereocenters. The molecule has 196 valence electrons. The molecule has 5 aromatic rings. The zero-order chi connectivity index (χ0) is 26.8. The zero-order valence-electron chi connectivity index (χ0n) is 21.1. The number of aliphatic hydroxyl groups excluding tert-OH is 1. The van der Waals surface area contributed by atoms with Gasteiger partial charge in [0.1, 0.15) is 5.69 Å². The molecule has 39 heavy (non-hydrogen) atoms. The molecule has 9 heteroatoms. The number of nitrogens with one attached hydrogen (secondary N) is 4. The van der Waals surface area contributed by atoms with E-state index in [1.54, 1.807) is 18.3 Å². The summed E-state index contributed by atoms with van der Waals surface area (Å²) in [4.78, 5) is 30.2. The number of carbonyl (C=O) groups is 2. The fourth-order valence-electron chi connectivity index (χ4n) is 4.85. The maximum Gasteiger partial charge on any atom is 0.272 e. The summed E-state index contributed by atoms with van der Waals surface area (Å²) in [5.74, 6) is -0.391. The van der Waals surface area contributed by atoms with E-state index in [1.165, 1.54) is 0 Å². The number of amides is 2. The lowest BCUT2D eigenvalue weighted by Gasteiger charge is -2.31. The summed E-state index contributed by atoms with van der Waals surface area (Å²) in [6, 6.07) is 24.2. The third-order valence-electron chi connectivity index (χ3n) is 7.04. The summed E-state index contributed by atoms with van der Waals surface area (Å²) in [7, 11) is 0. The first-order valence-corrected chi connectivity index (χ1v) is 12.9. The van der Waals surface area contributed by atoms with Crippen molar-refractivity contribution in [2.24, 2.45) is 0 Å². The second kappa shape index (κ2) is 10.5. The molecule has 1 aliphatic rings. The number of H-pyrrole nitrogens is 2. The van der Waals surface area contributed by atoms with Crippen molar-refractivity contribution in [2.45, 2.75) is 18.9 Å². The van der Waals surface area contributed by atoms with Gasteiger partial charge in [-0.3, -0.25) is 14.7 Å². The summed E-state index contributed by atoms with van der Waals surface area (Å²) in [6.07, 6.45) is 3.01. The van der Waals surface area contributed by atoms with E-state index in [2.05, 4.69) is 30.7 Å². The van der Waals surface area contributed by atoms with Crippen LogP contribution in [0.5, 0.6) is 0 Å². The number of fused-ring (bicyclic) bond motifs is 1. The van der Waals surface area contributed by atoms with Gasteiger partial charge in [0.25, 0.3) is 11.8 Å². The minimum atomic E-state index is -0.218. The molecule has 0 spiro atoms. The number of aromatic amines is 2. The lowest BCUT2D eigenvalue weighted by atomic mass is 10.1. The molecule has 0 aliphatic carbocycles. The number of carbonyl (C=O) groups excluding carboxylic acids is 2. The van der Waals surface area contributed by atoms with Gasteiger partial charge in [-0.15, -0.1) is 0 Å². The molecule has 0 bridgehead atoms. The van der Waals surface area contributed by atoms with Gasteiger partial charge < -0.3 is 25.6 Å². The van der Waals surface area contributed by atoms with Crippen LogP contribution in [0.15, 0.2) is 85.1 Å². The molecule has 0 unspecified atom stereocenters. The van der Waals surface area contributed by atoms with Crippen molar-refractivity contribution in [3.05, 3.63) is 96.3 Å². The molecule has 2 aromatic heterocycles. The standard InChI is InChI=1S/C30H28N6O3/c37-24-13-16-36(17-14-24)23-10-5-20(6-11-23)29(38)33-22-9-12-25-27(18-22)34-35-28(25)19-3-7-21(8-4-19)32-30(39)26-2-1-15-31-26/h1-12,15,18,24,31,37H,13-14,16-17H2,(H,32,39)(H,33,38)(H,34,35). The van der Waals surface area contributed by atoms with Crippen LogP contribution in [0.2, 0.25) is 0 Å². The van der Waals surface area contributed by atoms with E-state index in [0.29, 0.717) is 22.6 Å². The molecule has 0 radical (unpaired) electrons. The summed E-state index contributed by atoms with van der Waals surface area (Å²) in [5, 5.41) is 24.0. The van der Waals surface area contributed by atoms with Crippen molar-refractivity contribution in [3.8, 4) is 11.3 Å². The largest absolute Gasteiger partial charge is 0.393 e. The Morgan fingerprint density at radius 1 is 0.872 bits per heavy atom. The van der Waals surface area contributed by atoms with Crippen molar-refractivity contribution in [3.63, 3.8) is 0 Å². The average molecular weight is 521 g/mol. The van der Waals surface area contributed by atoms with E-state index in [4.69, 9.17) is 0 Å². The first-order chi connectivity index (χ1) is 19.0. The number of aliphatic hydroxyl groups is 1. The van der Waals surface area contributed by atoms with E-state index < -0.39 is 0 Å². The van der Waals surface area contributed by atoms with Crippen LogP contribution in [0, 0.1) is 0 Å². The average Bonchev–Trinajstić information content (AvgIpc) is 3.65. The maximum atomic E-state index is 12.9. The highest BCUT2D eigenvalue weighted by atomic mass is 16.3. The summed E-state index contributed by atoms with van der Waals surface area (Å²) < 4.78 is 0. The summed E-state index contributed by atoms with van der Waals surface area (Å²) in [6.45, 7) is 1.63. The molecule has 3 heterocycles. The van der Waals surface area contributed by atoms with Crippen LogP contribution in [0.3, 0.4) is 0 Å². The predicted molar refractivity (Wildman–Crippen MR) is 152 cm³/mol. The Labute approximate surface area is 224 Å². The van der Waals surface area contributed by atoms with E-state index in [9.17, 15) is 14.7 Å². The highest BCUT2D eigenvalue weighted by Gasteiger charge is 2.18. The topological polar surface area (TPSA) is 126 Å². The number of nitrogens with zero attached hydrogens (tertiary/aromatic N) is 2. The highest BCUT2D eigenvalue weighted by Crippen LogP contribution is 2.29. The molecule has 1 aliphatic heterocycles. The van der Waals surface area contributed by atoms with E-state index in [1.807, 2.05) is 66.7 Å². The lowest BCUT2D eigenvalue weighted by Crippen LogP contribution is -2.35. The molecule has 0 saturated carbocycles. The van der Waals surface area contributed by atoms with Crippen LogP contribution >= 0.6 is 0 Å². The minimum Gasteiger partial charge on any atom is -0.393 e. The summed E-state index contributed by atoms with van der Waals surface area (Å²) >= 11 is 0. The Balaban J connectivity index is 1.12. The van der Waals surface area contributed by atoms with Gasteiger partial charge in [0.15, 0.2) is 0 Å². The van der Waals surface area contributed by atoms with Crippen LogP contribution in [-0.4, -0.2) is 51.3 Å². The van der Waals surface area contributed by atoms with Crippen LogP contribution in [0.4, 0.5) is 17.1 Å². The summed E-state index contributed by atoms with van der Waals surface area (Å²) in [5.41, 5.74) is 5.96. The van der Waals surface area contributed by atoms with Crippen LogP contribution in [0.25, 0.3) is 22.2 Å². The van der Waals surface area contributed by atoms with Crippen molar-refractivity contribution in [1.29, 1.82) is 0 Å². The van der Waals surface area contributed by atoms with E-state index in [-0.39, 0.29) is 17.9 Å². The van der Waals surface area contributed by atoms with Crippen molar-refractivity contribution in [1.82, 2.24) is 15.2 Å². The number of hydrogen-bond acceptors (Lipinski definition) is 5. The molecule has 1 saturated heterocycles. The van der Waals surface area contributed by atoms with Gasteiger partial charge in [-0.05, 0) is 79.6 Å². The molecule has 9 nitrogen and oxygen atoms in total. The molecule has 6 rings (SSSR count). The van der Waals surface area contributed by atoms with Gasteiger partial charge in [0.05, 0.1) is 17.3 Å². The lowest BCUT2D eigenvalue weighted by molar-refractivity contribution is 0.101. The fourth-order valence-corrected chi connectivity index (χ4v) is 4.85. The second-order valence-electron chi connectivity index (χ2n) is 9.67. The monoisotopic (exact) mass is 520 g/mol. The Bertz CT molecular complexity index is 1600. The normalized spacial score (nSPS) is 13.9. The van der Waals surface area contributed by atoms with Crippen molar-refractivity contribution < 1.29 is 14.7 Å². The van der Waals surface area contributed by atoms with Gasteiger partial charge in [0, 0.05) is 52.9 Å². The SMILES string of the molecule is O=C(Nc1ccc2c(-c3ccc(NC(=O)c4ccc[nH]4)cc3)n[nH]c2c1)c1ccc(N2CCC(O)CC2)cc1. The molecule has 2 amide bonds. The number of aromatic nitrogens is 3. The zero-order valence-corrected chi connectivity index (χ0v) is 21.1. The van der Waals surface area contributed by atoms with Crippen molar-refractivity contribution >= 4 is 39.8 Å². The smallest absolute Gasteiger partial charge is 0.272 e. The Kier molecular flexibility index (Phi) is 6.56. The number of anilines is 3. The van der Waals surface area contributed by atoms with Gasteiger partial charge in [-0.25, -0.2) is 0 Å². The number of piperidine rings is 1. The van der Waals surface area contributed by atoms with Gasteiger partial charge >= 0.3 is 0 Å². The third kappa shape index (κ3) is 5.25. The highest BCUT2D eigenvalue weighted by molar-refractivity contribution is 6.06. The van der Waals surface area contributed by atoms with Crippen LogP contribution in [-0.2, 0) is 0 Å². The molecule has 3 aromatic carbocycles. The fraction of sp³-hybridized carbons (Fsp3) is 0.167. The quantitative estimate of drug-likeness (QED) is 0.215. The second-order valence-corrected chi connectivity index (χ2v) is 9.67. The van der Waals surface area contributed by atoms with Crippen LogP contribution in [0.1, 0.15) is 33.7 Å². The van der Waals surface area contributed by atoms with Crippen molar-refractivity contribution in [2.75, 3.05) is 28.6 Å². The number of benzene rings is 3. The minimum absolute atomic E-state index is 0.188. The Morgan fingerprint density at radius 3 is 2.31 bits per heavy atom. The maximum absolute atomic E-state index is 12.9. The molecular formula is C30H28N6O3. The Hall–Kier alpha value is -4.89. The van der Waals surface area contributed by atoms with Gasteiger partial charge in [-0.1, -0.05) is 12.1 Å².